The Hall–Kier alpha value is -1.00. The van der Waals surface area contributed by atoms with Gasteiger partial charge >= 0.3 is 0 Å². The van der Waals surface area contributed by atoms with Crippen LogP contribution in [0.3, 0.4) is 0 Å². The molecule has 0 aliphatic rings. The van der Waals surface area contributed by atoms with E-state index in [-0.39, 0.29) is 0 Å². The lowest BCUT2D eigenvalue weighted by molar-refractivity contribution is 0.983. The summed E-state index contributed by atoms with van der Waals surface area (Å²) in [5.74, 6) is 5.92. The smallest absolute Gasteiger partial charge is 0.114 e. The molecule has 0 aliphatic carbocycles. The summed E-state index contributed by atoms with van der Waals surface area (Å²) in [4.78, 5) is 3.92. The fourth-order valence-corrected chi connectivity index (χ4v) is 0.793. The van der Waals surface area contributed by atoms with Crippen LogP contribution in [0.2, 0.25) is 5.02 Å². The zero-order valence-electron chi connectivity index (χ0n) is 6.89. The van der Waals surface area contributed by atoms with E-state index in [0.717, 1.165) is 18.5 Å². The van der Waals surface area contributed by atoms with Gasteiger partial charge in [-0.25, -0.2) is 4.98 Å². The van der Waals surface area contributed by atoms with E-state index in [1.165, 1.54) is 0 Å². The van der Waals surface area contributed by atoms with Crippen LogP contribution in [0.15, 0.2) is 12.1 Å². The summed E-state index contributed by atoms with van der Waals surface area (Å²) >= 11 is 5.61. The second-order valence-corrected chi connectivity index (χ2v) is 2.75. The van der Waals surface area contributed by atoms with Crippen LogP contribution in [0, 0.1) is 18.0 Å². The fraction of sp³-hybridized carbons (Fsp3) is 0.300. The second-order valence-electron chi connectivity index (χ2n) is 2.34. The van der Waals surface area contributed by atoms with Crippen molar-refractivity contribution in [2.45, 2.75) is 19.8 Å². The van der Waals surface area contributed by atoms with Crippen molar-refractivity contribution in [3.8, 4) is 11.8 Å². The molecule has 0 N–H and O–H groups in total. The van der Waals surface area contributed by atoms with Crippen molar-refractivity contribution in [2.75, 3.05) is 0 Å². The van der Waals surface area contributed by atoms with Crippen LogP contribution >= 0.6 is 11.6 Å². The van der Waals surface area contributed by atoms with Gasteiger partial charge in [-0.05, 0) is 24.5 Å². The minimum absolute atomic E-state index is 0.524. The topological polar surface area (TPSA) is 12.9 Å². The standard InChI is InChI=1S/C10H9ClN/c1-2-3-4-5-10-7-6-9(11)8-12-10/h6-7H,2-3H2,1H3. The third-order valence-corrected chi connectivity index (χ3v) is 1.47. The Balaban J connectivity index is 2.66. The van der Waals surface area contributed by atoms with Gasteiger partial charge in [0.05, 0.1) is 5.02 Å². The quantitative estimate of drug-likeness (QED) is 0.603. The Kier molecular flexibility index (Phi) is 3.63. The number of halogens is 1. The van der Waals surface area contributed by atoms with Crippen LogP contribution < -0.4 is 0 Å². The van der Waals surface area contributed by atoms with Gasteiger partial charge in [0.15, 0.2) is 0 Å². The summed E-state index contributed by atoms with van der Waals surface area (Å²) < 4.78 is 0. The highest BCUT2D eigenvalue weighted by molar-refractivity contribution is 6.30. The van der Waals surface area contributed by atoms with Gasteiger partial charge in [-0.2, -0.15) is 0 Å². The molecule has 0 saturated carbocycles. The highest BCUT2D eigenvalue weighted by atomic mass is 35.5. The van der Waals surface area contributed by atoms with Crippen molar-refractivity contribution in [1.82, 2.24) is 4.98 Å². The third-order valence-electron chi connectivity index (χ3n) is 1.26. The van der Waals surface area contributed by atoms with Crippen LogP contribution in [-0.2, 0) is 0 Å². The molecule has 0 fully saturated rings. The van der Waals surface area contributed by atoms with Crippen LogP contribution in [0.4, 0.5) is 0 Å². The maximum absolute atomic E-state index is 5.61. The summed E-state index contributed by atoms with van der Waals surface area (Å²) in [7, 11) is 0. The number of rotatable bonds is 1. The van der Waals surface area contributed by atoms with Gasteiger partial charge in [-0.3, -0.25) is 0 Å². The molecule has 0 unspecified atom stereocenters. The number of aromatic nitrogens is 1. The lowest BCUT2D eigenvalue weighted by Crippen LogP contribution is -1.80. The zero-order valence-corrected chi connectivity index (χ0v) is 7.65. The van der Waals surface area contributed by atoms with E-state index in [0.29, 0.717) is 5.02 Å². The van der Waals surface area contributed by atoms with Crippen molar-refractivity contribution < 1.29 is 0 Å². The first kappa shape index (κ1) is 9.09. The maximum Gasteiger partial charge on any atom is 0.114 e. The summed E-state index contributed by atoms with van der Waals surface area (Å²) in [6, 6.07) is 3.53. The van der Waals surface area contributed by atoms with Gasteiger partial charge in [0, 0.05) is 6.42 Å². The molecule has 1 aromatic rings. The van der Waals surface area contributed by atoms with Gasteiger partial charge in [0.2, 0.25) is 0 Å². The van der Waals surface area contributed by atoms with Crippen LogP contribution in [0.1, 0.15) is 25.5 Å². The fourth-order valence-electron chi connectivity index (χ4n) is 0.688. The predicted octanol–water partition coefficient (Wildman–Crippen LogP) is 2.69. The van der Waals surface area contributed by atoms with Gasteiger partial charge < -0.3 is 0 Å². The zero-order chi connectivity index (χ0) is 8.81. The van der Waals surface area contributed by atoms with Crippen molar-refractivity contribution in [3.05, 3.63) is 29.0 Å². The van der Waals surface area contributed by atoms with Gasteiger partial charge in [0.25, 0.3) is 0 Å². The highest BCUT2D eigenvalue weighted by Crippen LogP contribution is 2.04. The largest absolute Gasteiger partial charge is 0.236 e. The molecule has 0 aromatic carbocycles. The molecule has 1 heterocycles. The molecule has 1 rings (SSSR count). The summed E-state index contributed by atoms with van der Waals surface area (Å²) in [6.45, 7) is 2.09. The van der Waals surface area contributed by atoms with E-state index in [4.69, 9.17) is 11.6 Å². The number of hydrogen-bond acceptors (Lipinski definition) is 1. The first-order valence-corrected chi connectivity index (χ1v) is 4.24. The molecule has 0 amide bonds. The Labute approximate surface area is 77.8 Å². The van der Waals surface area contributed by atoms with E-state index in [9.17, 15) is 0 Å². The molecule has 0 atom stereocenters. The average molecular weight is 179 g/mol. The van der Waals surface area contributed by atoms with Crippen molar-refractivity contribution in [3.63, 3.8) is 0 Å². The molecule has 61 valence electrons. The Morgan fingerprint density at radius 2 is 2.42 bits per heavy atom. The number of nitrogens with zero attached hydrogens (tertiary/aromatic N) is 1. The Morgan fingerprint density at radius 3 is 3.00 bits per heavy atom. The summed E-state index contributed by atoms with van der Waals surface area (Å²) in [5.41, 5.74) is 0.729. The minimum Gasteiger partial charge on any atom is -0.236 e. The van der Waals surface area contributed by atoms with E-state index in [1.807, 2.05) is 0 Å². The predicted molar refractivity (Wildman–Crippen MR) is 49.9 cm³/mol. The molecule has 1 nitrogen and oxygen atoms in total. The maximum atomic E-state index is 5.61. The lowest BCUT2D eigenvalue weighted by atomic mass is 10.3. The molecule has 12 heavy (non-hydrogen) atoms. The van der Waals surface area contributed by atoms with Crippen molar-refractivity contribution in [1.29, 1.82) is 0 Å². The molecule has 0 spiro atoms. The van der Waals surface area contributed by atoms with Crippen molar-refractivity contribution >= 4 is 11.6 Å². The molecular weight excluding hydrogens is 170 g/mol. The van der Waals surface area contributed by atoms with E-state index < -0.39 is 0 Å². The molecule has 0 bridgehead atoms. The molecular formula is C10H9ClN. The summed E-state index contributed by atoms with van der Waals surface area (Å²) in [5, 5.41) is 0.524. The van der Waals surface area contributed by atoms with Gasteiger partial charge in [0.1, 0.15) is 11.9 Å². The van der Waals surface area contributed by atoms with E-state index in [1.54, 1.807) is 12.1 Å². The molecule has 1 radical (unpaired) electrons. The molecule has 2 heteroatoms. The first-order chi connectivity index (χ1) is 5.83. The van der Waals surface area contributed by atoms with Gasteiger partial charge in [-0.15, -0.1) is 0 Å². The SMILES string of the molecule is CCCC#Cc1ccc(Cl)[c]n1. The average Bonchev–Trinajstić information content (AvgIpc) is 2.09. The normalized spacial score (nSPS) is 8.83. The number of hydrogen-bond donors (Lipinski definition) is 0. The number of pyridine rings is 1. The van der Waals surface area contributed by atoms with Gasteiger partial charge in [-0.1, -0.05) is 24.4 Å². The molecule has 0 saturated heterocycles. The molecule has 0 aliphatic heterocycles. The monoisotopic (exact) mass is 178 g/mol. The van der Waals surface area contributed by atoms with E-state index in [2.05, 4.69) is 29.9 Å². The van der Waals surface area contributed by atoms with Crippen LogP contribution in [-0.4, -0.2) is 4.98 Å². The Morgan fingerprint density at radius 1 is 1.58 bits per heavy atom. The second kappa shape index (κ2) is 4.79. The molecule has 1 aromatic heterocycles. The Bertz CT molecular complexity index is 292. The third kappa shape index (κ3) is 2.94. The lowest BCUT2D eigenvalue weighted by Gasteiger charge is -1.87. The van der Waals surface area contributed by atoms with Crippen molar-refractivity contribution in [2.24, 2.45) is 0 Å². The van der Waals surface area contributed by atoms with Crippen LogP contribution in [0.25, 0.3) is 0 Å². The summed E-state index contributed by atoms with van der Waals surface area (Å²) in [6.07, 6.45) is 4.62. The minimum atomic E-state index is 0.524. The van der Waals surface area contributed by atoms with Crippen LogP contribution in [0.5, 0.6) is 0 Å². The highest BCUT2D eigenvalue weighted by Gasteiger charge is 1.88. The van der Waals surface area contributed by atoms with E-state index >= 15 is 0 Å². The first-order valence-electron chi connectivity index (χ1n) is 3.86. The number of unbranched alkanes of at least 4 members (excludes halogenated alkanes) is 1.